The van der Waals surface area contributed by atoms with Crippen molar-refractivity contribution in [1.82, 2.24) is 30.8 Å². The number of nitrogens with zero attached hydrogens (tertiary/aromatic N) is 4. The third-order valence-electron chi connectivity index (χ3n) is 11.4. The van der Waals surface area contributed by atoms with E-state index in [-0.39, 0.29) is 72.2 Å². The lowest BCUT2D eigenvalue weighted by Gasteiger charge is -2.33. The Hall–Kier alpha value is -4.09. The average molecular weight is 733 g/mol. The van der Waals surface area contributed by atoms with Gasteiger partial charge in [-0.05, 0) is 67.3 Å². The number of hydrogen-bond acceptors (Lipinski definition) is 9. The molecular weight excluding hydrogens is 672 g/mol. The summed E-state index contributed by atoms with van der Waals surface area (Å²) >= 11 is 0. The molecule has 2 fully saturated rings. The number of aryl methyl sites for hydroxylation is 1. The molecule has 1 aliphatic carbocycles. The summed E-state index contributed by atoms with van der Waals surface area (Å²) in [4.78, 5) is 83.9. The first-order valence-electron chi connectivity index (χ1n) is 19.8. The number of aromatic nitrogens is 4. The predicted molar refractivity (Wildman–Crippen MR) is 200 cm³/mol. The van der Waals surface area contributed by atoms with Crippen molar-refractivity contribution in [2.24, 2.45) is 35.5 Å². The summed E-state index contributed by atoms with van der Waals surface area (Å²) in [6.45, 7) is 11.8. The summed E-state index contributed by atoms with van der Waals surface area (Å²) in [6, 6.07) is 8.03. The Morgan fingerprint density at radius 2 is 1.66 bits per heavy atom. The van der Waals surface area contributed by atoms with Crippen LogP contribution in [-0.2, 0) is 35.2 Å². The molecule has 12 nitrogen and oxygen atoms in total. The molecule has 1 saturated heterocycles. The van der Waals surface area contributed by atoms with Gasteiger partial charge in [-0.15, -0.1) is 10.2 Å². The zero-order chi connectivity index (χ0) is 38.7. The number of nitrogens with one attached hydrogen (secondary N) is 2. The van der Waals surface area contributed by atoms with E-state index in [1.807, 2.05) is 71.9 Å². The number of Topliss-reactive ketones (excluding diaryl/α,β-unsaturated/α-hetero) is 4. The number of likely N-dealkylation sites (tertiary alicyclic amines) is 1. The zero-order valence-electron chi connectivity index (χ0n) is 32.5. The van der Waals surface area contributed by atoms with Crippen molar-refractivity contribution in [3.8, 4) is 0 Å². The summed E-state index contributed by atoms with van der Waals surface area (Å²) in [7, 11) is 0. The molecule has 1 saturated carbocycles. The number of hydrogen-bond donors (Lipinski definition) is 2. The fraction of sp³-hybridized carbons (Fsp3) is 0.683. The van der Waals surface area contributed by atoms with E-state index >= 15 is 0 Å². The highest BCUT2D eigenvalue weighted by Crippen LogP contribution is 2.43. The van der Waals surface area contributed by atoms with Crippen molar-refractivity contribution in [3.05, 3.63) is 41.7 Å². The predicted octanol–water partition coefficient (Wildman–Crippen LogP) is 5.62. The quantitative estimate of drug-likeness (QED) is 0.115. The van der Waals surface area contributed by atoms with E-state index in [1.54, 1.807) is 4.90 Å². The molecule has 2 heterocycles. The van der Waals surface area contributed by atoms with Crippen LogP contribution < -0.4 is 5.32 Å². The molecule has 7 atom stereocenters. The summed E-state index contributed by atoms with van der Waals surface area (Å²) in [6.07, 6.45) is 6.16. The molecule has 53 heavy (non-hydrogen) atoms. The number of ketones is 4. The maximum Gasteiger partial charge on any atom is 0.246 e. The van der Waals surface area contributed by atoms with Crippen molar-refractivity contribution >= 4 is 34.9 Å². The number of aromatic amines is 1. The van der Waals surface area contributed by atoms with Crippen molar-refractivity contribution < 1.29 is 28.8 Å². The molecule has 1 aromatic heterocycles. The number of amides is 2. The molecule has 1 unspecified atom stereocenters. The van der Waals surface area contributed by atoms with E-state index < -0.39 is 35.5 Å². The lowest BCUT2D eigenvalue weighted by atomic mass is 9.83. The number of fused-ring (bicyclic) bond motifs is 1. The lowest BCUT2D eigenvalue weighted by Crippen LogP contribution is -2.56. The monoisotopic (exact) mass is 732 g/mol. The third kappa shape index (κ3) is 11.2. The van der Waals surface area contributed by atoms with Crippen LogP contribution in [0, 0.1) is 35.5 Å². The minimum atomic E-state index is -0.878. The number of H-pyrrole nitrogens is 1. The fourth-order valence-electron chi connectivity index (χ4n) is 8.31. The van der Waals surface area contributed by atoms with Gasteiger partial charge in [-0.2, -0.15) is 5.21 Å². The molecule has 2 aliphatic rings. The molecule has 1 aromatic carbocycles. The molecule has 0 bridgehead atoms. The van der Waals surface area contributed by atoms with Crippen molar-refractivity contribution in [3.63, 3.8) is 0 Å². The minimum absolute atomic E-state index is 0.0118. The van der Waals surface area contributed by atoms with Crippen molar-refractivity contribution in [1.29, 1.82) is 0 Å². The Morgan fingerprint density at radius 1 is 0.925 bits per heavy atom. The normalized spacial score (nSPS) is 20.5. The second-order valence-corrected chi connectivity index (χ2v) is 16.1. The molecule has 0 radical (unpaired) electrons. The Labute approximate surface area is 314 Å². The Bertz CT molecular complexity index is 1540. The van der Waals surface area contributed by atoms with Gasteiger partial charge in [0.05, 0.1) is 6.04 Å². The summed E-state index contributed by atoms with van der Waals surface area (Å²) in [5.74, 6) is -2.91. The van der Waals surface area contributed by atoms with Gasteiger partial charge in [0.15, 0.2) is 17.4 Å². The molecule has 0 spiro atoms. The maximum atomic E-state index is 14.4. The van der Waals surface area contributed by atoms with E-state index in [1.165, 1.54) is 0 Å². The Kier molecular flexibility index (Phi) is 15.6. The van der Waals surface area contributed by atoms with Crippen LogP contribution in [0.5, 0.6) is 0 Å². The second kappa shape index (κ2) is 19.8. The first kappa shape index (κ1) is 41.7. The highest BCUT2D eigenvalue weighted by Gasteiger charge is 2.51. The standard InChI is InChI=1S/C41H60N6O6/c1-7-14-29(39(51)35(50)21-27(6)28-15-9-8-10-16-28)22-34(49)38-32-19-13-17-30(32)24-47(38)41(53)37(26(4)5)42-40(52)33(25(2)3)23-31(48)18-11-12-20-36-43-45-46-44-36/h8-10,15-16,25-27,29-30,32-33,37-38H,7,11-14,17-24H2,1-6H3,(H,42,52)(H,43,44,45,46)/t27-,29?,30-,32-,33+,37-,38-/m0/s1. The minimum Gasteiger partial charge on any atom is -0.344 e. The molecule has 1 aliphatic heterocycles. The van der Waals surface area contributed by atoms with Gasteiger partial charge in [-0.1, -0.05) is 89.9 Å². The molecule has 12 heteroatoms. The lowest BCUT2D eigenvalue weighted by molar-refractivity contribution is -0.145. The van der Waals surface area contributed by atoms with Crippen LogP contribution in [0.3, 0.4) is 0 Å². The van der Waals surface area contributed by atoms with E-state index in [0.717, 1.165) is 31.2 Å². The highest BCUT2D eigenvalue weighted by molar-refractivity contribution is 6.38. The molecule has 4 rings (SSSR count). The number of carbonyl (C=O) groups excluding carboxylic acids is 6. The second-order valence-electron chi connectivity index (χ2n) is 16.1. The maximum absolute atomic E-state index is 14.4. The van der Waals surface area contributed by atoms with Crippen LogP contribution in [-0.4, -0.2) is 79.1 Å². The van der Waals surface area contributed by atoms with Crippen molar-refractivity contribution in [2.75, 3.05) is 6.54 Å². The van der Waals surface area contributed by atoms with Gasteiger partial charge < -0.3 is 10.2 Å². The third-order valence-corrected chi connectivity index (χ3v) is 11.4. The van der Waals surface area contributed by atoms with Gasteiger partial charge in [-0.3, -0.25) is 28.8 Å². The molecule has 2 aromatic rings. The number of rotatable bonds is 22. The zero-order valence-corrected chi connectivity index (χ0v) is 32.5. The Balaban J connectivity index is 1.42. The number of unbranched alkanes of at least 4 members (excludes halogenated alkanes) is 1. The Morgan fingerprint density at radius 3 is 2.30 bits per heavy atom. The van der Waals surface area contributed by atoms with Crippen molar-refractivity contribution in [2.45, 2.75) is 137 Å². The van der Waals surface area contributed by atoms with Gasteiger partial charge in [-0.25, -0.2) is 0 Å². The molecule has 2 N–H and O–H groups in total. The van der Waals surface area contributed by atoms with Crippen LogP contribution in [0.15, 0.2) is 30.3 Å². The summed E-state index contributed by atoms with van der Waals surface area (Å²) < 4.78 is 0. The van der Waals surface area contributed by atoms with Gasteiger partial charge >= 0.3 is 0 Å². The van der Waals surface area contributed by atoms with Gasteiger partial charge in [0, 0.05) is 50.5 Å². The van der Waals surface area contributed by atoms with Crippen LogP contribution in [0.4, 0.5) is 0 Å². The van der Waals surface area contributed by atoms with Crippen LogP contribution in [0.2, 0.25) is 0 Å². The summed E-state index contributed by atoms with van der Waals surface area (Å²) in [5, 5.41) is 16.8. The van der Waals surface area contributed by atoms with Crippen LogP contribution >= 0.6 is 0 Å². The fourth-order valence-corrected chi connectivity index (χ4v) is 8.31. The first-order chi connectivity index (χ1) is 25.3. The summed E-state index contributed by atoms with van der Waals surface area (Å²) in [5.41, 5.74) is 0.982. The molecule has 290 valence electrons. The van der Waals surface area contributed by atoms with Crippen LogP contribution in [0.25, 0.3) is 0 Å². The SMILES string of the molecule is CCCC(CC(=O)[C@@H]1[C@H]2CCC[C@H]2CN1C(=O)[C@@H](NC(=O)[C@H](CC(=O)CCCCc1nn[nH]n1)C(C)C)C(C)C)C(=O)C(=O)C[C@H](C)c1ccccc1. The van der Waals surface area contributed by atoms with Gasteiger partial charge in [0.2, 0.25) is 17.6 Å². The first-order valence-corrected chi connectivity index (χ1v) is 19.8. The average Bonchev–Trinajstić information content (AvgIpc) is 3.89. The molecular formula is C41H60N6O6. The van der Waals surface area contributed by atoms with Gasteiger partial charge in [0.25, 0.3) is 0 Å². The molecule has 2 amide bonds. The number of carbonyl (C=O) groups is 6. The number of benzene rings is 1. The number of tetrazole rings is 1. The smallest absolute Gasteiger partial charge is 0.246 e. The van der Waals surface area contributed by atoms with E-state index in [4.69, 9.17) is 0 Å². The topological polar surface area (TPSA) is 172 Å². The van der Waals surface area contributed by atoms with E-state index in [9.17, 15) is 28.8 Å². The van der Waals surface area contributed by atoms with Gasteiger partial charge in [0.1, 0.15) is 11.8 Å². The largest absolute Gasteiger partial charge is 0.344 e. The highest BCUT2D eigenvalue weighted by atomic mass is 16.2. The van der Waals surface area contributed by atoms with E-state index in [0.29, 0.717) is 44.5 Å². The van der Waals surface area contributed by atoms with Crippen LogP contribution in [0.1, 0.15) is 129 Å². The van der Waals surface area contributed by atoms with E-state index in [2.05, 4.69) is 25.9 Å².